The van der Waals surface area contributed by atoms with Crippen LogP contribution in [0.15, 0.2) is 24.8 Å². The molecule has 1 saturated heterocycles. The van der Waals surface area contributed by atoms with E-state index in [1.807, 2.05) is 13.0 Å². The Morgan fingerprint density at radius 1 is 1.21 bits per heavy atom. The Kier molecular flexibility index (Phi) is 3.69. The first-order valence-electron chi connectivity index (χ1n) is 9.22. The lowest BCUT2D eigenvalue weighted by molar-refractivity contribution is -0.123. The van der Waals surface area contributed by atoms with Crippen molar-refractivity contribution in [3.8, 4) is 0 Å². The first kappa shape index (κ1) is 18.0. The molecule has 29 heavy (non-hydrogen) atoms. The van der Waals surface area contributed by atoms with Crippen LogP contribution in [0.4, 0.5) is 17.3 Å². The van der Waals surface area contributed by atoms with Crippen LogP contribution < -0.4 is 10.2 Å². The van der Waals surface area contributed by atoms with Crippen LogP contribution in [-0.2, 0) is 20.0 Å². The molecule has 1 fully saturated rings. The van der Waals surface area contributed by atoms with Gasteiger partial charge in [-0.3, -0.25) is 4.79 Å². The summed E-state index contributed by atoms with van der Waals surface area (Å²) in [6, 6.07) is 1.90. The van der Waals surface area contributed by atoms with Gasteiger partial charge in [0.2, 0.25) is 11.9 Å². The summed E-state index contributed by atoms with van der Waals surface area (Å²) in [5.74, 6) is 0.207. The van der Waals surface area contributed by atoms with E-state index in [1.165, 1.54) is 11.2 Å². The van der Waals surface area contributed by atoms with Crippen LogP contribution in [0.2, 0.25) is 0 Å². The summed E-state index contributed by atoms with van der Waals surface area (Å²) in [6.07, 6.45) is 5.38. The van der Waals surface area contributed by atoms with Crippen molar-refractivity contribution < 1.29 is 13.2 Å². The summed E-state index contributed by atoms with van der Waals surface area (Å²) in [5.41, 5.74) is 2.76. The summed E-state index contributed by atoms with van der Waals surface area (Å²) in [7, 11) is -1.44. The molecule has 5 heterocycles. The maximum atomic E-state index is 13.0. The number of amides is 1. The molecule has 0 atom stereocenters. The molecule has 0 radical (unpaired) electrons. The number of rotatable bonds is 2. The zero-order valence-corrected chi connectivity index (χ0v) is 16.8. The predicted octanol–water partition coefficient (Wildman–Crippen LogP) is 0.994. The summed E-state index contributed by atoms with van der Waals surface area (Å²) >= 11 is 0. The Morgan fingerprint density at radius 2 is 1.97 bits per heavy atom. The fourth-order valence-corrected chi connectivity index (χ4v) is 5.63. The number of hydrogen-bond donors (Lipinski definition) is 1. The summed E-state index contributed by atoms with van der Waals surface area (Å²) in [5, 5.41) is 7.33. The van der Waals surface area contributed by atoms with Gasteiger partial charge < -0.3 is 10.2 Å². The van der Waals surface area contributed by atoms with Crippen molar-refractivity contribution >= 4 is 38.7 Å². The molecule has 0 aromatic carbocycles. The minimum absolute atomic E-state index is 0.0130. The second-order valence-electron chi connectivity index (χ2n) is 7.58. The van der Waals surface area contributed by atoms with E-state index >= 15 is 0 Å². The molecule has 1 spiro atoms. The van der Waals surface area contributed by atoms with Crippen molar-refractivity contribution in [1.29, 1.82) is 0 Å². The number of pyridine rings is 1. The van der Waals surface area contributed by atoms with Gasteiger partial charge in [-0.2, -0.15) is 5.10 Å². The Labute approximate surface area is 166 Å². The number of nitrogens with zero attached hydrogens (tertiary/aromatic N) is 6. The van der Waals surface area contributed by atoms with Gasteiger partial charge in [0.25, 0.3) is 0 Å². The Bertz CT molecular complexity index is 1250. The van der Waals surface area contributed by atoms with Crippen molar-refractivity contribution in [2.45, 2.75) is 25.2 Å². The smallest absolute Gasteiger partial charge is 0.239 e. The SMILES string of the molecule is Cc1cc2ncnn2cc1Nc1ncc2c(n1)C1(CCS(=O)(=O)CC1)C(=O)N2C. The van der Waals surface area contributed by atoms with Gasteiger partial charge in [-0.15, -0.1) is 0 Å². The molecule has 0 bridgehead atoms. The van der Waals surface area contributed by atoms with E-state index in [4.69, 9.17) is 0 Å². The highest BCUT2D eigenvalue weighted by atomic mass is 32.2. The van der Waals surface area contributed by atoms with E-state index in [0.29, 0.717) is 17.3 Å². The van der Waals surface area contributed by atoms with Crippen molar-refractivity contribution in [2.24, 2.45) is 0 Å². The Hall–Kier alpha value is -3.08. The fraction of sp³-hybridized carbons (Fsp3) is 0.389. The second-order valence-corrected chi connectivity index (χ2v) is 9.89. The molecule has 3 aromatic rings. The van der Waals surface area contributed by atoms with Gasteiger partial charge >= 0.3 is 0 Å². The molecule has 0 unspecified atom stereocenters. The number of aromatic nitrogens is 5. The minimum Gasteiger partial charge on any atom is -0.323 e. The molecule has 150 valence electrons. The van der Waals surface area contributed by atoms with E-state index in [9.17, 15) is 13.2 Å². The molecule has 5 rings (SSSR count). The summed E-state index contributed by atoms with van der Waals surface area (Å²) in [4.78, 5) is 27.7. The first-order valence-corrected chi connectivity index (χ1v) is 11.0. The highest BCUT2D eigenvalue weighted by Crippen LogP contribution is 2.47. The summed E-state index contributed by atoms with van der Waals surface area (Å²) in [6.45, 7) is 1.94. The molecule has 2 aliphatic heterocycles. The largest absolute Gasteiger partial charge is 0.323 e. The van der Waals surface area contributed by atoms with Crippen molar-refractivity contribution in [2.75, 3.05) is 28.8 Å². The monoisotopic (exact) mass is 413 g/mol. The second kappa shape index (κ2) is 5.96. The van der Waals surface area contributed by atoms with E-state index in [0.717, 1.165) is 16.9 Å². The highest BCUT2D eigenvalue weighted by Gasteiger charge is 2.53. The van der Waals surface area contributed by atoms with Crippen molar-refractivity contribution in [3.05, 3.63) is 36.0 Å². The van der Waals surface area contributed by atoms with Crippen LogP contribution in [-0.4, -0.2) is 57.4 Å². The lowest BCUT2D eigenvalue weighted by Gasteiger charge is -2.31. The average molecular weight is 413 g/mol. The molecule has 11 heteroatoms. The van der Waals surface area contributed by atoms with Crippen LogP contribution in [0.1, 0.15) is 24.1 Å². The Balaban J connectivity index is 1.55. The molecule has 10 nitrogen and oxygen atoms in total. The van der Waals surface area contributed by atoms with E-state index < -0.39 is 15.3 Å². The zero-order valence-electron chi connectivity index (χ0n) is 16.0. The van der Waals surface area contributed by atoms with Gasteiger partial charge in [0.05, 0.1) is 46.4 Å². The number of carbonyl (C=O) groups is 1. The Morgan fingerprint density at radius 3 is 2.72 bits per heavy atom. The minimum atomic E-state index is -3.11. The molecule has 0 saturated carbocycles. The standard InChI is InChI=1S/C18H19N7O3S/c1-11-7-14-20-10-21-25(14)9-12(11)22-17-19-8-13-15(23-17)18(16(26)24(13)2)3-5-29(27,28)6-4-18/h7-10H,3-6H2,1-2H3,(H,19,22,23). The average Bonchev–Trinajstić information content (AvgIpc) is 3.21. The lowest BCUT2D eigenvalue weighted by Crippen LogP contribution is -2.45. The number of sulfone groups is 1. The van der Waals surface area contributed by atoms with E-state index in [2.05, 4.69) is 25.4 Å². The molecule has 1 amide bonds. The summed E-state index contributed by atoms with van der Waals surface area (Å²) < 4.78 is 25.5. The third kappa shape index (κ3) is 2.68. The van der Waals surface area contributed by atoms with Crippen molar-refractivity contribution in [3.63, 3.8) is 0 Å². The zero-order chi connectivity index (χ0) is 20.4. The maximum Gasteiger partial charge on any atom is 0.239 e. The third-order valence-corrected chi connectivity index (χ3v) is 7.50. The molecule has 2 aliphatic rings. The van der Waals surface area contributed by atoms with Crippen LogP contribution in [0.3, 0.4) is 0 Å². The third-order valence-electron chi connectivity index (χ3n) is 5.85. The quantitative estimate of drug-likeness (QED) is 0.660. The molecule has 1 N–H and O–H groups in total. The van der Waals surface area contributed by atoms with Crippen LogP contribution in [0.5, 0.6) is 0 Å². The van der Waals surface area contributed by atoms with E-state index in [1.54, 1.807) is 24.0 Å². The first-order chi connectivity index (χ1) is 13.8. The van der Waals surface area contributed by atoms with Gasteiger partial charge in [-0.25, -0.2) is 27.9 Å². The van der Waals surface area contributed by atoms with Gasteiger partial charge in [0.1, 0.15) is 16.2 Å². The normalized spacial score (nSPS) is 19.7. The topological polar surface area (TPSA) is 122 Å². The van der Waals surface area contributed by atoms with Gasteiger partial charge in [0, 0.05) is 7.05 Å². The number of aryl methyl sites for hydroxylation is 1. The van der Waals surface area contributed by atoms with Gasteiger partial charge in [-0.05, 0) is 31.4 Å². The molecular weight excluding hydrogens is 394 g/mol. The number of anilines is 3. The number of carbonyl (C=O) groups excluding carboxylic acids is 1. The highest BCUT2D eigenvalue weighted by molar-refractivity contribution is 7.91. The lowest BCUT2D eigenvalue weighted by atomic mass is 9.79. The molecular formula is C18H19N7O3S. The number of likely N-dealkylation sites (N-methyl/N-ethyl adjacent to an activating group) is 1. The van der Waals surface area contributed by atoms with E-state index in [-0.39, 0.29) is 30.3 Å². The molecule has 0 aliphatic carbocycles. The van der Waals surface area contributed by atoms with Crippen LogP contribution >= 0.6 is 0 Å². The van der Waals surface area contributed by atoms with Crippen LogP contribution in [0, 0.1) is 6.92 Å². The maximum absolute atomic E-state index is 13.0. The number of fused-ring (bicyclic) bond motifs is 3. The number of nitrogens with one attached hydrogen (secondary N) is 1. The van der Waals surface area contributed by atoms with Crippen LogP contribution in [0.25, 0.3) is 5.65 Å². The fourth-order valence-electron chi connectivity index (χ4n) is 4.11. The van der Waals surface area contributed by atoms with Crippen molar-refractivity contribution in [1.82, 2.24) is 24.6 Å². The van der Waals surface area contributed by atoms with Gasteiger partial charge in [-0.1, -0.05) is 0 Å². The predicted molar refractivity (Wildman–Crippen MR) is 106 cm³/mol. The number of hydrogen-bond acceptors (Lipinski definition) is 8. The van der Waals surface area contributed by atoms with Gasteiger partial charge in [0.15, 0.2) is 5.65 Å². The molecule has 3 aromatic heterocycles.